The van der Waals surface area contributed by atoms with Gasteiger partial charge in [0, 0.05) is 26.0 Å². The molecule has 1 N–H and O–H groups in total. The summed E-state index contributed by atoms with van der Waals surface area (Å²) in [6.07, 6.45) is 0. The molecule has 0 bridgehead atoms. The fraction of sp³-hybridized carbons (Fsp3) is 0.368. The first-order valence-electron chi connectivity index (χ1n) is 8.56. The van der Waals surface area contributed by atoms with Crippen molar-refractivity contribution in [1.29, 1.82) is 0 Å². The van der Waals surface area contributed by atoms with Gasteiger partial charge in [0.25, 0.3) is 0 Å². The third-order valence-corrected chi connectivity index (χ3v) is 4.62. The van der Waals surface area contributed by atoms with Crippen LogP contribution in [-0.4, -0.2) is 62.5 Å². The molecule has 0 aliphatic rings. The number of benzene rings is 1. The van der Waals surface area contributed by atoms with Gasteiger partial charge in [0.2, 0.25) is 5.91 Å². The number of aliphatic imine (C=N–C) groups is 1. The molecule has 0 aliphatic heterocycles. The number of hydrogen-bond acceptors (Lipinski definition) is 4. The lowest BCUT2D eigenvalue weighted by molar-refractivity contribution is -0.127. The second-order valence-corrected chi connectivity index (χ2v) is 7.09. The average molecular weight is 520 g/mol. The fourth-order valence-corrected chi connectivity index (χ4v) is 2.78. The number of guanidine groups is 1. The van der Waals surface area contributed by atoms with Gasteiger partial charge in [0.05, 0.1) is 13.1 Å². The summed E-state index contributed by atoms with van der Waals surface area (Å²) in [7, 11) is 5.25. The first-order valence-corrected chi connectivity index (χ1v) is 9.44. The molecule has 1 amide bonds. The van der Waals surface area contributed by atoms with Crippen molar-refractivity contribution < 1.29 is 13.9 Å². The number of likely N-dealkylation sites (N-methyl/N-ethyl adjacent to an activating group) is 2. The Labute approximate surface area is 186 Å². The van der Waals surface area contributed by atoms with Crippen molar-refractivity contribution >= 4 is 47.2 Å². The Morgan fingerprint density at radius 1 is 1.21 bits per heavy atom. The van der Waals surface area contributed by atoms with Gasteiger partial charge < -0.3 is 19.9 Å². The van der Waals surface area contributed by atoms with Gasteiger partial charge in [-0.25, -0.2) is 9.38 Å². The lowest BCUT2D eigenvalue weighted by atomic mass is 10.3. The standard InChI is InChI=1S/C19H25FN4O2S.HI/c1-23(2)18(25)14-22-19(21-13-15-7-6-12-27-15)24(3)10-11-26-17-9-5-4-8-16(17)20;/h4-9,12H,10-11,13-14H2,1-3H3,(H,21,22);1H. The molecule has 0 fully saturated rings. The number of para-hydroxylation sites is 1. The van der Waals surface area contributed by atoms with Crippen LogP contribution in [0, 0.1) is 5.82 Å². The van der Waals surface area contributed by atoms with Crippen molar-refractivity contribution in [3.05, 3.63) is 52.5 Å². The third kappa shape index (κ3) is 8.01. The number of nitrogens with zero attached hydrogens (tertiary/aromatic N) is 3. The number of ether oxygens (including phenoxy) is 1. The largest absolute Gasteiger partial charge is 0.489 e. The molecule has 0 atom stereocenters. The number of thiophene rings is 1. The topological polar surface area (TPSA) is 57.2 Å². The maximum atomic E-state index is 13.6. The molecule has 1 aromatic carbocycles. The highest BCUT2D eigenvalue weighted by Gasteiger charge is 2.10. The minimum absolute atomic E-state index is 0. The van der Waals surface area contributed by atoms with Crippen molar-refractivity contribution in [3.8, 4) is 5.75 Å². The van der Waals surface area contributed by atoms with E-state index in [-0.39, 0.29) is 48.0 Å². The van der Waals surface area contributed by atoms with Crippen LogP contribution in [0.15, 0.2) is 46.8 Å². The normalized spacial score (nSPS) is 10.8. The van der Waals surface area contributed by atoms with E-state index >= 15 is 0 Å². The molecule has 0 aliphatic carbocycles. The van der Waals surface area contributed by atoms with E-state index in [2.05, 4.69) is 10.3 Å². The van der Waals surface area contributed by atoms with Crippen molar-refractivity contribution in [2.75, 3.05) is 40.8 Å². The van der Waals surface area contributed by atoms with Crippen LogP contribution in [0.3, 0.4) is 0 Å². The number of rotatable bonds is 8. The Hall–Kier alpha value is -1.88. The molecule has 2 rings (SSSR count). The van der Waals surface area contributed by atoms with E-state index in [9.17, 15) is 9.18 Å². The molecule has 2 aromatic rings. The van der Waals surface area contributed by atoms with E-state index in [1.807, 2.05) is 29.5 Å². The summed E-state index contributed by atoms with van der Waals surface area (Å²) in [6.45, 7) is 1.45. The Kier molecular flexibility index (Phi) is 10.8. The van der Waals surface area contributed by atoms with E-state index < -0.39 is 0 Å². The summed E-state index contributed by atoms with van der Waals surface area (Å²) in [5.41, 5.74) is 0. The highest BCUT2D eigenvalue weighted by molar-refractivity contribution is 14.0. The van der Waals surface area contributed by atoms with Gasteiger partial charge in [-0.3, -0.25) is 4.79 Å². The summed E-state index contributed by atoms with van der Waals surface area (Å²) in [6, 6.07) is 10.3. The van der Waals surface area contributed by atoms with E-state index in [0.717, 1.165) is 4.88 Å². The number of carbonyl (C=O) groups excluding carboxylic acids is 1. The van der Waals surface area contributed by atoms with Crippen molar-refractivity contribution in [2.45, 2.75) is 6.54 Å². The number of nitrogens with one attached hydrogen (secondary N) is 1. The van der Waals surface area contributed by atoms with Gasteiger partial charge in [-0.05, 0) is 23.6 Å². The summed E-state index contributed by atoms with van der Waals surface area (Å²) >= 11 is 1.65. The number of carbonyl (C=O) groups is 1. The molecule has 0 spiro atoms. The van der Waals surface area contributed by atoms with Gasteiger partial charge in [-0.2, -0.15) is 0 Å². The van der Waals surface area contributed by atoms with Crippen LogP contribution in [0.25, 0.3) is 0 Å². The first kappa shape index (κ1) is 24.2. The molecule has 28 heavy (non-hydrogen) atoms. The summed E-state index contributed by atoms with van der Waals surface area (Å²) < 4.78 is 19.1. The smallest absolute Gasteiger partial charge is 0.243 e. The number of hydrogen-bond donors (Lipinski definition) is 1. The zero-order valence-electron chi connectivity index (χ0n) is 16.2. The van der Waals surface area contributed by atoms with Crippen LogP contribution in [0.2, 0.25) is 0 Å². The predicted molar refractivity (Wildman–Crippen MR) is 122 cm³/mol. The van der Waals surface area contributed by atoms with Crippen LogP contribution in [-0.2, 0) is 11.3 Å². The van der Waals surface area contributed by atoms with E-state index in [0.29, 0.717) is 25.7 Å². The third-order valence-electron chi connectivity index (χ3n) is 3.75. The Morgan fingerprint density at radius 2 is 1.96 bits per heavy atom. The summed E-state index contributed by atoms with van der Waals surface area (Å²) in [5, 5.41) is 5.27. The first-order chi connectivity index (χ1) is 13.0. The van der Waals surface area contributed by atoms with Gasteiger partial charge in [-0.15, -0.1) is 35.3 Å². The van der Waals surface area contributed by atoms with Crippen molar-refractivity contribution in [1.82, 2.24) is 15.1 Å². The zero-order chi connectivity index (χ0) is 19.6. The maximum Gasteiger partial charge on any atom is 0.243 e. The van der Waals surface area contributed by atoms with Crippen LogP contribution < -0.4 is 10.1 Å². The van der Waals surface area contributed by atoms with Crippen LogP contribution in [0.4, 0.5) is 4.39 Å². The second kappa shape index (κ2) is 12.6. The predicted octanol–water partition coefficient (Wildman–Crippen LogP) is 3.05. The lowest BCUT2D eigenvalue weighted by Crippen LogP contribution is -2.41. The molecule has 0 saturated heterocycles. The quantitative estimate of drug-likeness (QED) is 0.331. The minimum atomic E-state index is -0.388. The zero-order valence-corrected chi connectivity index (χ0v) is 19.4. The van der Waals surface area contributed by atoms with Gasteiger partial charge in [-0.1, -0.05) is 18.2 Å². The van der Waals surface area contributed by atoms with Gasteiger partial charge in [0.15, 0.2) is 17.5 Å². The van der Waals surface area contributed by atoms with Gasteiger partial charge >= 0.3 is 0 Å². The Morgan fingerprint density at radius 3 is 2.61 bits per heavy atom. The molecule has 0 saturated carbocycles. The van der Waals surface area contributed by atoms with E-state index in [1.54, 1.807) is 43.6 Å². The van der Waals surface area contributed by atoms with Gasteiger partial charge in [0.1, 0.15) is 13.2 Å². The van der Waals surface area contributed by atoms with Crippen molar-refractivity contribution in [2.24, 2.45) is 4.99 Å². The van der Waals surface area contributed by atoms with Crippen LogP contribution in [0.1, 0.15) is 4.88 Å². The Balaban J connectivity index is 0.00000392. The van der Waals surface area contributed by atoms with Crippen molar-refractivity contribution in [3.63, 3.8) is 0 Å². The number of amides is 1. The van der Waals surface area contributed by atoms with E-state index in [4.69, 9.17) is 4.74 Å². The highest BCUT2D eigenvalue weighted by Crippen LogP contribution is 2.15. The maximum absolute atomic E-state index is 13.6. The minimum Gasteiger partial charge on any atom is -0.489 e. The molecule has 9 heteroatoms. The molecular formula is C19H26FIN4O2S. The molecule has 0 radical (unpaired) electrons. The summed E-state index contributed by atoms with van der Waals surface area (Å²) in [4.78, 5) is 20.8. The Bertz CT molecular complexity index is 756. The lowest BCUT2D eigenvalue weighted by Gasteiger charge is -2.22. The molecule has 154 valence electrons. The highest BCUT2D eigenvalue weighted by atomic mass is 127. The van der Waals surface area contributed by atoms with E-state index in [1.165, 1.54) is 11.0 Å². The second-order valence-electron chi connectivity index (χ2n) is 6.06. The fourth-order valence-electron chi connectivity index (χ4n) is 2.14. The summed E-state index contributed by atoms with van der Waals surface area (Å²) in [5.74, 6) is 0.345. The molecule has 6 nitrogen and oxygen atoms in total. The SMILES string of the molecule is CN(C)C(=O)CN=C(NCc1cccs1)N(C)CCOc1ccccc1F.I. The van der Waals surface area contributed by atoms with Crippen LogP contribution >= 0.6 is 35.3 Å². The molecule has 0 unspecified atom stereocenters. The molecule has 1 heterocycles. The average Bonchev–Trinajstić information content (AvgIpc) is 3.16. The monoisotopic (exact) mass is 520 g/mol. The molecular weight excluding hydrogens is 494 g/mol. The number of halogens is 2. The molecule has 1 aromatic heterocycles. The van der Waals surface area contributed by atoms with Crippen LogP contribution in [0.5, 0.6) is 5.75 Å².